The molecule has 0 saturated heterocycles. The molecular formula is C5H5F3O2. The van der Waals surface area contributed by atoms with Crippen LogP contribution in [0.15, 0.2) is 0 Å². The van der Waals surface area contributed by atoms with Crippen molar-refractivity contribution in [3.63, 3.8) is 0 Å². The Morgan fingerprint density at radius 1 is 1.10 bits per heavy atom. The summed E-state index contributed by atoms with van der Waals surface area (Å²) in [5.41, 5.74) is 0. The lowest BCUT2D eigenvalue weighted by Crippen LogP contribution is -2.56. The molecule has 0 radical (unpaired) electrons. The standard InChI is InChI=1S/C5H5F3O2/c6-2-1(5(9)10)3(7)4(2)8/h1-4H,(H,9,10). The lowest BCUT2D eigenvalue weighted by molar-refractivity contribution is -0.164. The van der Waals surface area contributed by atoms with Gasteiger partial charge < -0.3 is 5.11 Å². The van der Waals surface area contributed by atoms with Gasteiger partial charge in [-0.15, -0.1) is 0 Å². The van der Waals surface area contributed by atoms with E-state index < -0.39 is 30.4 Å². The maximum Gasteiger partial charge on any atom is 0.312 e. The van der Waals surface area contributed by atoms with Crippen LogP contribution in [0.5, 0.6) is 0 Å². The van der Waals surface area contributed by atoms with E-state index in [0.29, 0.717) is 0 Å². The molecule has 1 aliphatic rings. The molecule has 0 heterocycles. The van der Waals surface area contributed by atoms with Crippen molar-refractivity contribution in [2.75, 3.05) is 0 Å². The van der Waals surface area contributed by atoms with E-state index in [1.165, 1.54) is 0 Å². The SMILES string of the molecule is O=C(O)C1C(F)C(F)C1F. The van der Waals surface area contributed by atoms with E-state index in [9.17, 15) is 18.0 Å². The number of hydrogen-bond donors (Lipinski definition) is 1. The third-order valence-electron chi connectivity index (χ3n) is 1.58. The van der Waals surface area contributed by atoms with Crippen LogP contribution in [0.25, 0.3) is 0 Å². The van der Waals surface area contributed by atoms with Gasteiger partial charge in [0, 0.05) is 0 Å². The second kappa shape index (κ2) is 2.14. The highest BCUT2D eigenvalue weighted by molar-refractivity contribution is 5.73. The van der Waals surface area contributed by atoms with Crippen molar-refractivity contribution in [2.24, 2.45) is 5.92 Å². The Morgan fingerprint density at radius 3 is 1.70 bits per heavy atom. The molecule has 1 N–H and O–H groups in total. The Kier molecular flexibility index (Phi) is 1.58. The summed E-state index contributed by atoms with van der Waals surface area (Å²) < 4.78 is 36.1. The number of hydrogen-bond acceptors (Lipinski definition) is 1. The Bertz CT molecular complexity index is 151. The van der Waals surface area contributed by atoms with Crippen LogP contribution in [0.1, 0.15) is 0 Å². The van der Waals surface area contributed by atoms with Crippen molar-refractivity contribution < 1.29 is 23.1 Å². The van der Waals surface area contributed by atoms with Crippen molar-refractivity contribution in [2.45, 2.75) is 18.5 Å². The Hall–Kier alpha value is -0.740. The van der Waals surface area contributed by atoms with Crippen molar-refractivity contribution in [1.82, 2.24) is 0 Å². The van der Waals surface area contributed by atoms with Crippen LogP contribution in [0.3, 0.4) is 0 Å². The molecule has 0 aromatic heterocycles. The minimum atomic E-state index is -2.25. The van der Waals surface area contributed by atoms with Crippen molar-refractivity contribution in [1.29, 1.82) is 0 Å². The lowest BCUT2D eigenvalue weighted by Gasteiger charge is -2.34. The summed E-state index contributed by atoms with van der Waals surface area (Å²) in [4.78, 5) is 9.90. The molecule has 10 heavy (non-hydrogen) atoms. The van der Waals surface area contributed by atoms with E-state index >= 15 is 0 Å². The van der Waals surface area contributed by atoms with Crippen LogP contribution >= 0.6 is 0 Å². The van der Waals surface area contributed by atoms with E-state index in [4.69, 9.17) is 5.11 Å². The van der Waals surface area contributed by atoms with Gasteiger partial charge >= 0.3 is 5.97 Å². The number of rotatable bonds is 1. The van der Waals surface area contributed by atoms with Gasteiger partial charge in [-0.1, -0.05) is 0 Å². The second-order valence-corrected chi connectivity index (χ2v) is 2.20. The zero-order chi connectivity index (χ0) is 7.89. The van der Waals surface area contributed by atoms with Crippen LogP contribution in [0.2, 0.25) is 0 Å². The molecule has 58 valence electrons. The molecule has 1 aliphatic carbocycles. The Balaban J connectivity index is 2.57. The fraction of sp³-hybridized carbons (Fsp3) is 0.800. The summed E-state index contributed by atoms with van der Waals surface area (Å²) in [6.07, 6.45) is -6.60. The first-order valence-electron chi connectivity index (χ1n) is 2.70. The summed E-state index contributed by atoms with van der Waals surface area (Å²) in [6.45, 7) is 0. The zero-order valence-electron chi connectivity index (χ0n) is 4.80. The average molecular weight is 154 g/mol. The van der Waals surface area contributed by atoms with Gasteiger partial charge in [-0.25, -0.2) is 13.2 Å². The van der Waals surface area contributed by atoms with Gasteiger partial charge in [0.15, 0.2) is 18.5 Å². The largest absolute Gasteiger partial charge is 0.481 e. The highest BCUT2D eigenvalue weighted by atomic mass is 19.2. The molecule has 0 aliphatic heterocycles. The van der Waals surface area contributed by atoms with E-state index in [-0.39, 0.29) is 0 Å². The molecule has 2 nitrogen and oxygen atoms in total. The topological polar surface area (TPSA) is 37.3 Å². The number of alkyl halides is 3. The first-order valence-corrected chi connectivity index (χ1v) is 2.70. The van der Waals surface area contributed by atoms with Gasteiger partial charge in [0.1, 0.15) is 5.92 Å². The van der Waals surface area contributed by atoms with Gasteiger partial charge in [-0.05, 0) is 0 Å². The zero-order valence-corrected chi connectivity index (χ0v) is 4.80. The van der Waals surface area contributed by atoms with E-state index in [1.807, 2.05) is 0 Å². The molecule has 1 fully saturated rings. The highest BCUT2D eigenvalue weighted by Gasteiger charge is 2.57. The summed E-state index contributed by atoms with van der Waals surface area (Å²) >= 11 is 0. The van der Waals surface area contributed by atoms with Crippen LogP contribution in [0, 0.1) is 5.92 Å². The van der Waals surface area contributed by atoms with Crippen LogP contribution in [-0.2, 0) is 4.79 Å². The summed E-state index contributed by atoms with van der Waals surface area (Å²) in [5.74, 6) is -3.41. The number of halogens is 3. The fourth-order valence-electron chi connectivity index (χ4n) is 0.874. The number of carbonyl (C=O) groups is 1. The Morgan fingerprint density at radius 2 is 1.50 bits per heavy atom. The van der Waals surface area contributed by atoms with Gasteiger partial charge in [0.2, 0.25) is 0 Å². The van der Waals surface area contributed by atoms with Gasteiger partial charge in [-0.3, -0.25) is 4.79 Å². The summed E-state index contributed by atoms with van der Waals surface area (Å²) in [6, 6.07) is 0. The third-order valence-corrected chi connectivity index (χ3v) is 1.58. The lowest BCUT2D eigenvalue weighted by atomic mass is 9.79. The molecule has 0 spiro atoms. The number of aliphatic carboxylic acids is 1. The molecule has 5 heteroatoms. The van der Waals surface area contributed by atoms with Gasteiger partial charge in [0.25, 0.3) is 0 Å². The Labute approximate surface area is 54.6 Å². The van der Waals surface area contributed by atoms with Crippen LogP contribution in [0.4, 0.5) is 13.2 Å². The maximum absolute atomic E-state index is 12.1. The molecule has 2 atom stereocenters. The molecule has 1 saturated carbocycles. The van der Waals surface area contributed by atoms with Gasteiger partial charge in [-0.2, -0.15) is 0 Å². The summed E-state index contributed by atoms with van der Waals surface area (Å²) in [7, 11) is 0. The smallest absolute Gasteiger partial charge is 0.312 e. The molecular weight excluding hydrogens is 149 g/mol. The normalized spacial score (nSPS) is 46.3. The van der Waals surface area contributed by atoms with Gasteiger partial charge in [0.05, 0.1) is 0 Å². The molecule has 0 aromatic rings. The highest BCUT2D eigenvalue weighted by Crippen LogP contribution is 2.36. The predicted octanol–water partition coefficient (Wildman–Crippen LogP) is 0.715. The van der Waals surface area contributed by atoms with Crippen molar-refractivity contribution in [3.05, 3.63) is 0 Å². The van der Waals surface area contributed by atoms with Crippen LogP contribution in [-0.4, -0.2) is 29.6 Å². The van der Waals surface area contributed by atoms with E-state index in [2.05, 4.69) is 0 Å². The molecule has 2 unspecified atom stereocenters. The van der Waals surface area contributed by atoms with Crippen molar-refractivity contribution >= 4 is 5.97 Å². The fourth-order valence-corrected chi connectivity index (χ4v) is 0.874. The van der Waals surface area contributed by atoms with E-state index in [1.54, 1.807) is 0 Å². The first-order chi connectivity index (χ1) is 4.55. The molecule has 1 rings (SSSR count). The third kappa shape index (κ3) is 0.767. The second-order valence-electron chi connectivity index (χ2n) is 2.20. The maximum atomic E-state index is 12.1. The number of carboxylic acid groups (broad SMARTS) is 1. The van der Waals surface area contributed by atoms with Crippen molar-refractivity contribution in [3.8, 4) is 0 Å². The average Bonchev–Trinajstić information content (AvgIpc) is 1.87. The predicted molar refractivity (Wildman–Crippen MR) is 25.8 cm³/mol. The molecule has 0 amide bonds. The minimum Gasteiger partial charge on any atom is -0.481 e. The summed E-state index contributed by atoms with van der Waals surface area (Å²) in [5, 5.41) is 8.05. The molecule has 0 bridgehead atoms. The first kappa shape index (κ1) is 7.37. The quantitative estimate of drug-likeness (QED) is 0.604. The monoisotopic (exact) mass is 154 g/mol. The number of carboxylic acids is 1. The van der Waals surface area contributed by atoms with E-state index in [0.717, 1.165) is 0 Å². The minimum absolute atomic E-state index is 1.62. The molecule has 0 aromatic carbocycles. The van der Waals surface area contributed by atoms with Crippen LogP contribution < -0.4 is 0 Å².